The Labute approximate surface area is 112 Å². The van der Waals surface area contributed by atoms with Gasteiger partial charge in [-0.3, -0.25) is 9.59 Å². The summed E-state index contributed by atoms with van der Waals surface area (Å²) < 4.78 is 4.95. The van der Waals surface area contributed by atoms with E-state index in [2.05, 4.69) is 5.32 Å². The number of hydrogen-bond donors (Lipinski definition) is 3. The van der Waals surface area contributed by atoms with Gasteiger partial charge in [0.15, 0.2) is 0 Å². The molecule has 0 radical (unpaired) electrons. The van der Waals surface area contributed by atoms with Crippen molar-refractivity contribution in [2.45, 2.75) is 18.9 Å². The molecule has 1 amide bonds. The molecule has 19 heavy (non-hydrogen) atoms. The molecule has 0 aliphatic rings. The quantitative estimate of drug-likeness (QED) is 0.683. The Morgan fingerprint density at radius 2 is 2.11 bits per heavy atom. The molecule has 0 aliphatic carbocycles. The lowest BCUT2D eigenvalue weighted by atomic mass is 10.1. The topological polar surface area (TPSA) is 113 Å². The summed E-state index contributed by atoms with van der Waals surface area (Å²) in [5, 5.41) is 21.4. The number of rotatable bonds is 7. The van der Waals surface area contributed by atoms with Crippen LogP contribution in [0.3, 0.4) is 0 Å². The van der Waals surface area contributed by atoms with Crippen LogP contribution in [0.4, 0.5) is 0 Å². The molecule has 0 spiro atoms. The number of hydrogen-bond acceptors (Lipinski definition) is 5. The van der Waals surface area contributed by atoms with E-state index in [1.165, 1.54) is 7.11 Å². The predicted octanol–water partition coefficient (Wildman–Crippen LogP) is 0.804. The summed E-state index contributed by atoms with van der Waals surface area (Å²) in [6, 6.07) is 0.350. The van der Waals surface area contributed by atoms with Crippen molar-refractivity contribution in [2.75, 3.05) is 7.11 Å². The van der Waals surface area contributed by atoms with E-state index in [0.29, 0.717) is 5.75 Å². The molecular weight excluding hydrogens is 274 g/mol. The molecule has 104 valence electrons. The maximum Gasteiger partial charge on any atom is 0.326 e. The molecule has 1 unspecified atom stereocenters. The lowest BCUT2D eigenvalue weighted by Gasteiger charge is -2.13. The largest absolute Gasteiger partial charge is 0.495 e. The highest BCUT2D eigenvalue weighted by Crippen LogP contribution is 2.24. The van der Waals surface area contributed by atoms with Crippen molar-refractivity contribution in [3.8, 4) is 5.75 Å². The Morgan fingerprint density at radius 1 is 1.42 bits per heavy atom. The number of carboxylic acid groups (broad SMARTS) is 2. The van der Waals surface area contributed by atoms with Gasteiger partial charge in [-0.15, -0.1) is 11.3 Å². The number of aliphatic carboxylic acids is 2. The van der Waals surface area contributed by atoms with Gasteiger partial charge in [-0.1, -0.05) is 0 Å². The molecule has 0 aliphatic heterocycles. The fraction of sp³-hybridized carbons (Fsp3) is 0.364. The minimum absolute atomic E-state index is 0.176. The smallest absolute Gasteiger partial charge is 0.326 e. The van der Waals surface area contributed by atoms with Crippen molar-refractivity contribution in [3.05, 3.63) is 16.3 Å². The molecule has 1 aromatic rings. The van der Waals surface area contributed by atoms with Crippen molar-refractivity contribution >= 4 is 29.2 Å². The average molecular weight is 287 g/mol. The molecule has 0 saturated carbocycles. The van der Waals surface area contributed by atoms with E-state index in [1.807, 2.05) is 0 Å². The van der Waals surface area contributed by atoms with Crippen molar-refractivity contribution < 1.29 is 29.3 Å². The van der Waals surface area contributed by atoms with Gasteiger partial charge >= 0.3 is 11.9 Å². The van der Waals surface area contributed by atoms with Crippen LogP contribution in [0.1, 0.15) is 22.5 Å². The lowest BCUT2D eigenvalue weighted by molar-refractivity contribution is -0.140. The van der Waals surface area contributed by atoms with E-state index in [1.54, 1.807) is 11.4 Å². The Bertz CT molecular complexity index is 483. The summed E-state index contributed by atoms with van der Waals surface area (Å²) in [6.07, 6.45) is -0.511. The Hall–Kier alpha value is -2.09. The van der Waals surface area contributed by atoms with Gasteiger partial charge in [0.05, 0.1) is 7.11 Å². The normalized spacial score (nSPS) is 11.6. The lowest BCUT2D eigenvalue weighted by Crippen LogP contribution is -2.40. The first-order valence-corrected chi connectivity index (χ1v) is 6.20. The highest BCUT2D eigenvalue weighted by Gasteiger charge is 2.23. The number of amides is 1. The number of carbonyl (C=O) groups is 3. The van der Waals surface area contributed by atoms with Crippen LogP contribution in [0.5, 0.6) is 5.75 Å². The van der Waals surface area contributed by atoms with Gasteiger partial charge in [0.1, 0.15) is 16.7 Å². The summed E-state index contributed by atoms with van der Waals surface area (Å²) in [5.41, 5.74) is 0. The number of carbonyl (C=O) groups excluding carboxylic acids is 1. The number of ether oxygens (including phenoxy) is 1. The van der Waals surface area contributed by atoms with Crippen LogP contribution in [0.2, 0.25) is 0 Å². The number of carboxylic acids is 2. The molecule has 1 heterocycles. The van der Waals surface area contributed by atoms with E-state index < -0.39 is 23.9 Å². The summed E-state index contributed by atoms with van der Waals surface area (Å²) in [7, 11) is 1.40. The highest BCUT2D eigenvalue weighted by molar-refractivity contribution is 7.12. The second kappa shape index (κ2) is 6.74. The highest BCUT2D eigenvalue weighted by atomic mass is 32.1. The van der Waals surface area contributed by atoms with Crippen LogP contribution >= 0.6 is 11.3 Å². The Balaban J connectivity index is 2.71. The SMILES string of the molecule is COc1ccsc1C(=O)NC(CCC(=O)O)C(=O)O. The minimum Gasteiger partial charge on any atom is -0.495 e. The molecule has 1 aromatic heterocycles. The second-order valence-corrected chi connectivity index (χ2v) is 4.53. The van der Waals surface area contributed by atoms with Crippen molar-refractivity contribution in [1.82, 2.24) is 5.32 Å². The molecule has 1 atom stereocenters. The van der Waals surface area contributed by atoms with Crippen LogP contribution < -0.4 is 10.1 Å². The second-order valence-electron chi connectivity index (χ2n) is 3.61. The molecule has 7 nitrogen and oxygen atoms in total. The maximum atomic E-state index is 11.9. The van der Waals surface area contributed by atoms with E-state index in [0.717, 1.165) is 11.3 Å². The number of thiophene rings is 1. The summed E-state index contributed by atoms with van der Waals surface area (Å²) in [4.78, 5) is 33.5. The zero-order chi connectivity index (χ0) is 14.4. The summed E-state index contributed by atoms with van der Waals surface area (Å²) in [5.74, 6) is -2.63. The van der Waals surface area contributed by atoms with Crippen LogP contribution in [0, 0.1) is 0 Å². The third-order valence-electron chi connectivity index (χ3n) is 2.31. The Morgan fingerprint density at radius 3 is 2.63 bits per heavy atom. The van der Waals surface area contributed by atoms with E-state index in [-0.39, 0.29) is 17.7 Å². The van der Waals surface area contributed by atoms with Crippen molar-refractivity contribution in [3.63, 3.8) is 0 Å². The molecule has 0 aromatic carbocycles. The molecule has 0 saturated heterocycles. The summed E-state index contributed by atoms with van der Waals surface area (Å²) >= 11 is 1.11. The molecule has 0 fully saturated rings. The zero-order valence-electron chi connectivity index (χ0n) is 10.1. The number of nitrogens with one attached hydrogen (secondary N) is 1. The molecular formula is C11H13NO6S. The van der Waals surface area contributed by atoms with Crippen LogP contribution in [0.15, 0.2) is 11.4 Å². The van der Waals surface area contributed by atoms with E-state index >= 15 is 0 Å². The maximum absolute atomic E-state index is 11.9. The van der Waals surface area contributed by atoms with Crippen molar-refractivity contribution in [1.29, 1.82) is 0 Å². The van der Waals surface area contributed by atoms with Crippen LogP contribution in [-0.4, -0.2) is 41.2 Å². The fourth-order valence-electron chi connectivity index (χ4n) is 1.37. The fourth-order valence-corrected chi connectivity index (χ4v) is 2.13. The van der Waals surface area contributed by atoms with Crippen LogP contribution in [0.25, 0.3) is 0 Å². The van der Waals surface area contributed by atoms with Crippen LogP contribution in [-0.2, 0) is 9.59 Å². The van der Waals surface area contributed by atoms with Gasteiger partial charge < -0.3 is 20.3 Å². The predicted molar refractivity (Wildman–Crippen MR) is 66.6 cm³/mol. The van der Waals surface area contributed by atoms with Gasteiger partial charge in [-0.05, 0) is 17.9 Å². The van der Waals surface area contributed by atoms with Crippen molar-refractivity contribution in [2.24, 2.45) is 0 Å². The number of methoxy groups -OCH3 is 1. The van der Waals surface area contributed by atoms with Gasteiger partial charge in [0.25, 0.3) is 5.91 Å². The first-order chi connectivity index (χ1) is 8.95. The first-order valence-electron chi connectivity index (χ1n) is 5.32. The molecule has 3 N–H and O–H groups in total. The van der Waals surface area contributed by atoms with Gasteiger partial charge in [0, 0.05) is 6.42 Å². The molecule has 8 heteroatoms. The summed E-state index contributed by atoms with van der Waals surface area (Å²) in [6.45, 7) is 0. The third-order valence-corrected chi connectivity index (χ3v) is 3.20. The minimum atomic E-state index is -1.27. The third kappa shape index (κ3) is 4.25. The Kier molecular flexibility index (Phi) is 5.31. The first kappa shape index (κ1) is 15.0. The average Bonchev–Trinajstić information content (AvgIpc) is 2.81. The molecule has 1 rings (SSSR count). The van der Waals surface area contributed by atoms with E-state index in [4.69, 9.17) is 14.9 Å². The molecule has 0 bridgehead atoms. The standard InChI is InChI=1S/C11H13NO6S/c1-18-7-4-5-19-9(7)10(15)12-6(11(16)17)2-3-8(13)14/h4-6H,2-3H2,1H3,(H,12,15)(H,13,14)(H,16,17). The monoisotopic (exact) mass is 287 g/mol. The van der Waals surface area contributed by atoms with Gasteiger partial charge in [-0.25, -0.2) is 4.79 Å². The van der Waals surface area contributed by atoms with Gasteiger partial charge in [-0.2, -0.15) is 0 Å². The zero-order valence-corrected chi connectivity index (χ0v) is 10.9. The van der Waals surface area contributed by atoms with E-state index in [9.17, 15) is 14.4 Å². The van der Waals surface area contributed by atoms with Gasteiger partial charge in [0.2, 0.25) is 0 Å².